The number of benzene rings is 1. The Morgan fingerprint density at radius 3 is 2.54 bits per heavy atom. The Labute approximate surface area is 171 Å². The van der Waals surface area contributed by atoms with Crippen LogP contribution in [0, 0.1) is 0 Å². The van der Waals surface area contributed by atoms with Gasteiger partial charge in [-0.05, 0) is 25.1 Å². The zero-order valence-electron chi connectivity index (χ0n) is 15.4. The van der Waals surface area contributed by atoms with E-state index in [9.17, 15) is 18.0 Å². The lowest BCUT2D eigenvalue weighted by Crippen LogP contribution is -2.31. The highest BCUT2D eigenvalue weighted by Gasteiger charge is 2.26. The third kappa shape index (κ3) is 4.66. The van der Waals surface area contributed by atoms with Gasteiger partial charge in [0.25, 0.3) is 5.91 Å². The normalized spacial score (nSPS) is 11.5. The molecule has 2 rings (SSSR count). The van der Waals surface area contributed by atoms with E-state index in [4.69, 9.17) is 16.3 Å². The van der Waals surface area contributed by atoms with Gasteiger partial charge in [-0.3, -0.25) is 4.79 Å². The van der Waals surface area contributed by atoms with Crippen LogP contribution in [0.3, 0.4) is 0 Å². The highest BCUT2D eigenvalue weighted by Crippen LogP contribution is 2.27. The van der Waals surface area contributed by atoms with Crippen LogP contribution in [0.5, 0.6) is 0 Å². The van der Waals surface area contributed by atoms with Gasteiger partial charge >= 0.3 is 5.97 Å². The van der Waals surface area contributed by atoms with Crippen LogP contribution in [0.15, 0.2) is 23.1 Å². The van der Waals surface area contributed by atoms with Gasteiger partial charge < -0.3 is 10.1 Å². The second kappa shape index (κ2) is 9.41. The molecule has 0 bridgehead atoms. The number of ether oxygens (including phenoxy) is 1. The van der Waals surface area contributed by atoms with Crippen molar-refractivity contribution in [3.63, 3.8) is 0 Å². The molecule has 1 N–H and O–H groups in total. The first-order valence-corrected chi connectivity index (χ1v) is 11.0. The Morgan fingerprint density at radius 2 is 1.93 bits per heavy atom. The SMILES string of the molecule is CCOC(=O)c1nnsc1NC(=O)c1ccc(Cl)c(S(=O)(=O)N(CC)CC)c1. The van der Waals surface area contributed by atoms with E-state index in [1.807, 2.05) is 0 Å². The molecule has 0 unspecified atom stereocenters. The van der Waals surface area contributed by atoms with Crippen LogP contribution >= 0.6 is 23.1 Å². The Hall–Kier alpha value is -2.08. The number of rotatable bonds is 8. The zero-order valence-corrected chi connectivity index (χ0v) is 17.8. The van der Waals surface area contributed by atoms with E-state index in [0.717, 1.165) is 11.5 Å². The van der Waals surface area contributed by atoms with E-state index in [-0.39, 0.29) is 45.9 Å². The number of carbonyl (C=O) groups excluding carboxylic acids is 2. The molecule has 0 aliphatic rings. The number of anilines is 1. The summed E-state index contributed by atoms with van der Waals surface area (Å²) >= 11 is 6.88. The lowest BCUT2D eigenvalue weighted by molar-refractivity contribution is 0.0520. The maximum atomic E-state index is 12.8. The molecular formula is C16H19ClN4O5S2. The van der Waals surface area contributed by atoms with Crippen molar-refractivity contribution in [3.05, 3.63) is 34.5 Å². The van der Waals surface area contributed by atoms with Crippen LogP contribution in [0.2, 0.25) is 5.02 Å². The molecule has 0 aliphatic heterocycles. The smallest absolute Gasteiger partial charge is 0.362 e. The largest absolute Gasteiger partial charge is 0.461 e. The maximum Gasteiger partial charge on any atom is 0.362 e. The molecule has 0 saturated heterocycles. The van der Waals surface area contributed by atoms with Gasteiger partial charge in [0, 0.05) is 30.2 Å². The van der Waals surface area contributed by atoms with E-state index < -0.39 is 21.9 Å². The molecule has 1 amide bonds. The topological polar surface area (TPSA) is 119 Å². The summed E-state index contributed by atoms with van der Waals surface area (Å²) in [7, 11) is -3.85. The average Bonchev–Trinajstić information content (AvgIpc) is 3.11. The number of nitrogens with one attached hydrogen (secondary N) is 1. The predicted octanol–water partition coefficient (Wildman–Crippen LogP) is 2.65. The molecule has 152 valence electrons. The number of hydrogen-bond acceptors (Lipinski definition) is 8. The van der Waals surface area contributed by atoms with E-state index in [1.165, 1.54) is 22.5 Å². The third-order valence-electron chi connectivity index (χ3n) is 3.70. The standard InChI is InChI=1S/C16H19ClN4O5S2/c1-4-21(5-2)28(24,25)12-9-10(7-8-11(12)17)14(22)18-15-13(19-20-27-15)16(23)26-6-3/h7-9H,4-6H2,1-3H3,(H,18,22). The highest BCUT2D eigenvalue weighted by molar-refractivity contribution is 7.89. The number of halogens is 1. The summed E-state index contributed by atoms with van der Waals surface area (Å²) in [6.07, 6.45) is 0. The van der Waals surface area contributed by atoms with Gasteiger partial charge in [0.05, 0.1) is 11.6 Å². The molecular weight excluding hydrogens is 428 g/mol. The van der Waals surface area contributed by atoms with Crippen LogP contribution in [0.1, 0.15) is 41.6 Å². The molecule has 0 radical (unpaired) electrons. The first kappa shape index (κ1) is 22.2. The molecule has 1 heterocycles. The first-order valence-electron chi connectivity index (χ1n) is 8.36. The second-order valence-corrected chi connectivity index (χ2v) is 8.43. The molecule has 2 aromatic rings. The summed E-state index contributed by atoms with van der Waals surface area (Å²) in [6, 6.07) is 3.92. The van der Waals surface area contributed by atoms with Gasteiger partial charge in [0.1, 0.15) is 4.90 Å². The fourth-order valence-corrected chi connectivity index (χ4v) is 4.84. The van der Waals surface area contributed by atoms with E-state index in [1.54, 1.807) is 20.8 Å². The number of sulfonamides is 1. The molecule has 1 aromatic carbocycles. The van der Waals surface area contributed by atoms with Crippen LogP contribution in [0.25, 0.3) is 0 Å². The van der Waals surface area contributed by atoms with Gasteiger partial charge in [0.15, 0.2) is 5.00 Å². The van der Waals surface area contributed by atoms with Crippen molar-refractivity contribution in [2.24, 2.45) is 0 Å². The van der Waals surface area contributed by atoms with Gasteiger partial charge in [-0.15, -0.1) is 5.10 Å². The number of nitrogens with zero attached hydrogens (tertiary/aromatic N) is 3. The minimum absolute atomic E-state index is 0.00937. The number of esters is 1. The lowest BCUT2D eigenvalue weighted by Gasteiger charge is -2.19. The fourth-order valence-electron chi connectivity index (χ4n) is 2.33. The summed E-state index contributed by atoms with van der Waals surface area (Å²) in [5, 5.41) is 6.27. The fraction of sp³-hybridized carbons (Fsp3) is 0.375. The second-order valence-electron chi connectivity index (χ2n) is 5.36. The van der Waals surface area contributed by atoms with Crippen molar-refractivity contribution in [1.29, 1.82) is 0 Å². The average molecular weight is 447 g/mol. The summed E-state index contributed by atoms with van der Waals surface area (Å²) in [4.78, 5) is 24.3. The minimum atomic E-state index is -3.85. The van der Waals surface area contributed by atoms with Crippen molar-refractivity contribution >= 4 is 50.0 Å². The summed E-state index contributed by atoms with van der Waals surface area (Å²) in [5.41, 5.74) is -0.0662. The van der Waals surface area contributed by atoms with Crippen LogP contribution in [-0.2, 0) is 14.8 Å². The van der Waals surface area contributed by atoms with Crippen molar-refractivity contribution < 1.29 is 22.7 Å². The number of carbonyl (C=O) groups is 2. The van der Waals surface area contributed by atoms with E-state index in [0.29, 0.717) is 0 Å². The van der Waals surface area contributed by atoms with E-state index >= 15 is 0 Å². The Bertz CT molecular complexity index is 973. The molecule has 12 heteroatoms. The number of aromatic nitrogens is 2. The monoisotopic (exact) mass is 446 g/mol. The molecule has 0 atom stereocenters. The Kier molecular flexibility index (Phi) is 7.47. The zero-order chi connectivity index (χ0) is 20.9. The van der Waals surface area contributed by atoms with Gasteiger partial charge in [-0.2, -0.15) is 4.31 Å². The molecule has 0 spiro atoms. The van der Waals surface area contributed by atoms with E-state index in [2.05, 4.69) is 14.9 Å². The minimum Gasteiger partial charge on any atom is -0.461 e. The first-order chi connectivity index (χ1) is 13.3. The van der Waals surface area contributed by atoms with Crippen molar-refractivity contribution in [2.75, 3.05) is 25.0 Å². The lowest BCUT2D eigenvalue weighted by atomic mass is 10.2. The Balaban J connectivity index is 2.34. The van der Waals surface area contributed by atoms with Crippen LogP contribution < -0.4 is 5.32 Å². The predicted molar refractivity (Wildman–Crippen MR) is 105 cm³/mol. The molecule has 1 aromatic heterocycles. The molecule has 9 nitrogen and oxygen atoms in total. The molecule has 0 fully saturated rings. The summed E-state index contributed by atoms with van der Waals surface area (Å²) in [5.74, 6) is -1.35. The quantitative estimate of drug-likeness (QED) is 0.619. The maximum absolute atomic E-state index is 12.8. The Morgan fingerprint density at radius 1 is 1.25 bits per heavy atom. The number of hydrogen-bond donors (Lipinski definition) is 1. The summed E-state index contributed by atoms with van der Waals surface area (Å²) in [6.45, 7) is 5.73. The van der Waals surface area contributed by atoms with Crippen LogP contribution in [0.4, 0.5) is 5.00 Å². The molecule has 28 heavy (non-hydrogen) atoms. The summed E-state index contributed by atoms with van der Waals surface area (Å²) < 4.78 is 35.2. The van der Waals surface area contributed by atoms with Gasteiger partial charge in [-0.25, -0.2) is 13.2 Å². The number of amides is 1. The van der Waals surface area contributed by atoms with Crippen molar-refractivity contribution in [2.45, 2.75) is 25.7 Å². The molecule has 0 aliphatic carbocycles. The molecule has 0 saturated carbocycles. The van der Waals surface area contributed by atoms with Crippen molar-refractivity contribution in [1.82, 2.24) is 13.9 Å². The van der Waals surface area contributed by atoms with Gasteiger partial charge in [-0.1, -0.05) is 29.9 Å². The van der Waals surface area contributed by atoms with Gasteiger partial charge in [0.2, 0.25) is 15.7 Å². The van der Waals surface area contributed by atoms with Crippen molar-refractivity contribution in [3.8, 4) is 0 Å². The van der Waals surface area contributed by atoms with Crippen LogP contribution in [-0.4, -0.2) is 53.9 Å². The third-order valence-corrected chi connectivity index (χ3v) is 6.87. The highest BCUT2D eigenvalue weighted by atomic mass is 35.5.